The molecule has 1 saturated heterocycles. The lowest BCUT2D eigenvalue weighted by atomic mass is 10.2. The van der Waals surface area contributed by atoms with Crippen LogP contribution in [-0.2, 0) is 4.79 Å². The van der Waals surface area contributed by atoms with Gasteiger partial charge in [-0.3, -0.25) is 4.79 Å². The van der Waals surface area contributed by atoms with Crippen LogP contribution in [0.15, 0.2) is 24.3 Å². The van der Waals surface area contributed by atoms with Crippen LogP contribution in [0.2, 0.25) is 5.02 Å². The van der Waals surface area contributed by atoms with Crippen LogP contribution in [0.3, 0.4) is 0 Å². The molecule has 1 aromatic rings. The van der Waals surface area contributed by atoms with Crippen molar-refractivity contribution in [2.45, 2.75) is 32.7 Å². The molecule has 1 heterocycles. The van der Waals surface area contributed by atoms with E-state index in [1.165, 1.54) is 4.90 Å². The highest BCUT2D eigenvalue weighted by molar-refractivity contribution is 6.35. The Balaban J connectivity index is 2.42. The van der Waals surface area contributed by atoms with Gasteiger partial charge in [-0.1, -0.05) is 23.7 Å². The van der Waals surface area contributed by atoms with Gasteiger partial charge in [-0.25, -0.2) is 9.69 Å². The van der Waals surface area contributed by atoms with E-state index in [1.807, 2.05) is 13.8 Å². The molecule has 0 saturated carbocycles. The van der Waals surface area contributed by atoms with Crippen molar-refractivity contribution in [3.05, 3.63) is 29.3 Å². The summed E-state index contributed by atoms with van der Waals surface area (Å²) in [5.41, 5.74) is 0.465. The number of para-hydroxylation sites is 1. The molecule has 0 N–H and O–H groups in total. The summed E-state index contributed by atoms with van der Waals surface area (Å²) in [5.74, 6) is -0.193. The summed E-state index contributed by atoms with van der Waals surface area (Å²) in [4.78, 5) is 27.6. The summed E-state index contributed by atoms with van der Waals surface area (Å²) < 4.78 is 0. The number of anilines is 1. The van der Waals surface area contributed by atoms with Crippen LogP contribution in [-0.4, -0.2) is 29.4 Å². The first-order valence-electron chi connectivity index (χ1n) is 6.40. The van der Waals surface area contributed by atoms with E-state index in [0.717, 1.165) is 0 Å². The van der Waals surface area contributed by atoms with Gasteiger partial charge in [0.25, 0.3) is 0 Å². The number of carbonyl (C=O) groups is 2. The predicted molar refractivity (Wildman–Crippen MR) is 75.4 cm³/mol. The Hall–Kier alpha value is -1.55. The monoisotopic (exact) mass is 280 g/mol. The van der Waals surface area contributed by atoms with Crippen LogP contribution in [0.4, 0.5) is 10.5 Å². The van der Waals surface area contributed by atoms with Gasteiger partial charge in [0.15, 0.2) is 0 Å². The van der Waals surface area contributed by atoms with Crippen LogP contribution in [0.5, 0.6) is 0 Å². The zero-order valence-corrected chi connectivity index (χ0v) is 11.9. The zero-order valence-electron chi connectivity index (χ0n) is 11.1. The maximum Gasteiger partial charge on any atom is 0.331 e. The number of hydrogen-bond acceptors (Lipinski definition) is 2. The Morgan fingerprint density at radius 1 is 1.21 bits per heavy atom. The third-order valence-corrected chi connectivity index (χ3v) is 3.51. The number of rotatable bonds is 2. The second kappa shape index (κ2) is 5.61. The van der Waals surface area contributed by atoms with Crippen LogP contribution in [0.25, 0.3) is 0 Å². The van der Waals surface area contributed by atoms with Crippen LogP contribution in [0.1, 0.15) is 26.7 Å². The van der Waals surface area contributed by atoms with E-state index < -0.39 is 0 Å². The fraction of sp³-hybridized carbons (Fsp3) is 0.429. The average molecular weight is 281 g/mol. The van der Waals surface area contributed by atoms with Gasteiger partial charge in [-0.2, -0.15) is 0 Å². The highest BCUT2D eigenvalue weighted by atomic mass is 35.5. The zero-order chi connectivity index (χ0) is 14.0. The van der Waals surface area contributed by atoms with E-state index in [0.29, 0.717) is 30.1 Å². The third kappa shape index (κ3) is 2.73. The molecule has 0 aromatic heterocycles. The molecule has 0 radical (unpaired) electrons. The van der Waals surface area contributed by atoms with Crippen molar-refractivity contribution in [3.63, 3.8) is 0 Å². The van der Waals surface area contributed by atoms with Crippen molar-refractivity contribution in [2.75, 3.05) is 11.4 Å². The van der Waals surface area contributed by atoms with E-state index in [1.54, 1.807) is 29.2 Å². The first-order chi connectivity index (χ1) is 9.02. The van der Waals surface area contributed by atoms with Crippen LogP contribution >= 0.6 is 11.6 Å². The Morgan fingerprint density at radius 3 is 2.53 bits per heavy atom. The van der Waals surface area contributed by atoms with Gasteiger partial charge < -0.3 is 4.90 Å². The molecule has 2 rings (SSSR count). The summed E-state index contributed by atoms with van der Waals surface area (Å²) in [6.45, 7) is 4.49. The number of carbonyl (C=O) groups excluding carboxylic acids is 2. The predicted octanol–water partition coefficient (Wildman–Crippen LogP) is 3.30. The number of benzene rings is 1. The Bertz CT molecular complexity index is 502. The maximum absolute atomic E-state index is 12.5. The molecule has 1 fully saturated rings. The van der Waals surface area contributed by atoms with Gasteiger partial charge >= 0.3 is 6.03 Å². The SMILES string of the molecule is CC(C)N1CCCC(=O)N(c2ccccc2Cl)C1=O. The number of hydrogen-bond donors (Lipinski definition) is 0. The van der Waals surface area contributed by atoms with Crippen molar-refractivity contribution in [1.82, 2.24) is 4.90 Å². The molecule has 19 heavy (non-hydrogen) atoms. The maximum atomic E-state index is 12.5. The summed E-state index contributed by atoms with van der Waals surface area (Å²) in [6, 6.07) is 6.70. The molecule has 102 valence electrons. The summed E-state index contributed by atoms with van der Waals surface area (Å²) in [7, 11) is 0. The quantitative estimate of drug-likeness (QED) is 0.834. The molecule has 4 nitrogen and oxygen atoms in total. The van der Waals surface area contributed by atoms with Crippen LogP contribution < -0.4 is 4.90 Å². The largest absolute Gasteiger partial charge is 0.331 e. The lowest BCUT2D eigenvalue weighted by Crippen LogP contribution is -2.47. The van der Waals surface area contributed by atoms with Crippen molar-refractivity contribution in [3.8, 4) is 0 Å². The minimum Gasteiger partial charge on any atom is -0.322 e. The first-order valence-corrected chi connectivity index (χ1v) is 6.78. The van der Waals surface area contributed by atoms with Gasteiger partial charge in [-0.15, -0.1) is 0 Å². The highest BCUT2D eigenvalue weighted by Gasteiger charge is 2.33. The minimum absolute atomic E-state index is 0.0587. The van der Waals surface area contributed by atoms with Crippen LogP contribution in [0, 0.1) is 0 Å². The van der Waals surface area contributed by atoms with E-state index in [4.69, 9.17) is 11.6 Å². The molecule has 0 atom stereocenters. The number of halogens is 1. The molecule has 3 amide bonds. The lowest BCUT2D eigenvalue weighted by molar-refractivity contribution is -0.117. The fourth-order valence-corrected chi connectivity index (χ4v) is 2.41. The third-order valence-electron chi connectivity index (χ3n) is 3.19. The fourth-order valence-electron chi connectivity index (χ4n) is 2.19. The summed E-state index contributed by atoms with van der Waals surface area (Å²) in [5, 5.41) is 0.412. The Morgan fingerprint density at radius 2 is 1.89 bits per heavy atom. The molecule has 1 aliphatic rings. The second-order valence-corrected chi connectivity index (χ2v) is 5.26. The molecule has 0 aliphatic carbocycles. The van der Waals surface area contributed by atoms with E-state index >= 15 is 0 Å². The standard InChI is InChI=1S/C14H17ClN2O2/c1-10(2)16-9-5-8-13(18)17(14(16)19)12-7-4-3-6-11(12)15/h3-4,6-7,10H,5,8-9H2,1-2H3. The molecular weight excluding hydrogens is 264 g/mol. The van der Waals surface area contributed by atoms with Gasteiger partial charge in [0.2, 0.25) is 5.91 Å². The highest BCUT2D eigenvalue weighted by Crippen LogP contribution is 2.28. The molecule has 1 aromatic carbocycles. The van der Waals surface area contributed by atoms with E-state index in [-0.39, 0.29) is 18.0 Å². The Labute approximate surface area is 117 Å². The van der Waals surface area contributed by atoms with Gasteiger partial charge in [-0.05, 0) is 32.4 Å². The molecule has 5 heteroatoms. The molecule has 1 aliphatic heterocycles. The molecule has 0 unspecified atom stereocenters. The normalized spacial score (nSPS) is 17.1. The van der Waals surface area contributed by atoms with E-state index in [9.17, 15) is 9.59 Å². The number of urea groups is 1. The lowest BCUT2D eigenvalue weighted by Gasteiger charge is -2.29. The average Bonchev–Trinajstić information content (AvgIpc) is 2.50. The second-order valence-electron chi connectivity index (χ2n) is 4.85. The van der Waals surface area contributed by atoms with Gasteiger partial charge in [0.05, 0.1) is 10.7 Å². The van der Waals surface area contributed by atoms with Crippen molar-refractivity contribution in [1.29, 1.82) is 0 Å². The minimum atomic E-state index is -0.286. The molecule has 0 spiro atoms. The van der Waals surface area contributed by atoms with Crippen molar-refractivity contribution < 1.29 is 9.59 Å². The first kappa shape index (κ1) is 13.9. The number of amides is 3. The van der Waals surface area contributed by atoms with Gasteiger partial charge in [0.1, 0.15) is 0 Å². The topological polar surface area (TPSA) is 40.6 Å². The van der Waals surface area contributed by atoms with E-state index in [2.05, 4.69) is 0 Å². The van der Waals surface area contributed by atoms with Gasteiger partial charge in [0, 0.05) is 19.0 Å². The number of imide groups is 1. The van der Waals surface area contributed by atoms with Crippen molar-refractivity contribution >= 4 is 29.2 Å². The number of nitrogens with zero attached hydrogens (tertiary/aromatic N) is 2. The summed E-state index contributed by atoms with van der Waals surface area (Å²) >= 11 is 6.10. The molecular formula is C14H17ClN2O2. The molecule has 0 bridgehead atoms. The smallest absolute Gasteiger partial charge is 0.322 e. The summed E-state index contributed by atoms with van der Waals surface area (Å²) in [6.07, 6.45) is 1.05. The van der Waals surface area contributed by atoms with Crippen molar-refractivity contribution in [2.24, 2.45) is 0 Å². The Kier molecular flexibility index (Phi) is 4.10.